The summed E-state index contributed by atoms with van der Waals surface area (Å²) in [6.07, 6.45) is 10.2. The number of aromatic nitrogens is 2. The van der Waals surface area contributed by atoms with Crippen LogP contribution in [0.2, 0.25) is 0 Å². The first-order valence-electron chi connectivity index (χ1n) is 10.7. The van der Waals surface area contributed by atoms with Crippen molar-refractivity contribution in [2.24, 2.45) is 0 Å². The average molecular weight is 404 g/mol. The number of aliphatic hydroxyl groups is 1. The summed E-state index contributed by atoms with van der Waals surface area (Å²) in [5.41, 5.74) is 1.66. The van der Waals surface area contributed by atoms with Gasteiger partial charge in [0, 0.05) is 10.4 Å². The number of fused-ring (bicyclic) bond motifs is 3. The maximum Gasteiger partial charge on any atom is 0.225 e. The van der Waals surface area contributed by atoms with E-state index in [1.807, 2.05) is 6.92 Å². The molecule has 2 aromatic heterocycles. The Labute approximate surface area is 172 Å². The first-order chi connectivity index (χ1) is 13.4. The van der Waals surface area contributed by atoms with E-state index in [4.69, 9.17) is 4.74 Å². The first kappa shape index (κ1) is 20.0. The van der Waals surface area contributed by atoms with E-state index in [1.165, 1.54) is 29.7 Å². The zero-order valence-electron chi connectivity index (χ0n) is 17.6. The highest BCUT2D eigenvalue weighted by Gasteiger charge is 2.37. The fourth-order valence-corrected chi connectivity index (χ4v) is 6.53. The Kier molecular flexibility index (Phi) is 5.64. The Hall–Kier alpha value is -1.24. The summed E-state index contributed by atoms with van der Waals surface area (Å²) < 4.78 is 6.50. The lowest BCUT2D eigenvalue weighted by Gasteiger charge is -2.44. The molecule has 28 heavy (non-hydrogen) atoms. The summed E-state index contributed by atoms with van der Waals surface area (Å²) in [5, 5.41) is 11.0. The van der Waals surface area contributed by atoms with Crippen molar-refractivity contribution in [1.82, 2.24) is 14.9 Å². The molecule has 1 fully saturated rings. The molecule has 1 N–H and O–H groups in total. The molecule has 6 heteroatoms. The van der Waals surface area contributed by atoms with E-state index in [9.17, 15) is 5.11 Å². The second-order valence-electron chi connectivity index (χ2n) is 8.91. The fourth-order valence-electron chi connectivity index (χ4n) is 5.30. The fraction of sp³-hybridized carbons (Fsp3) is 0.727. The largest absolute Gasteiger partial charge is 0.474 e. The molecule has 2 aromatic rings. The summed E-state index contributed by atoms with van der Waals surface area (Å²) in [5.74, 6) is 1.16. The van der Waals surface area contributed by atoms with Gasteiger partial charge in [-0.05, 0) is 83.9 Å². The van der Waals surface area contributed by atoms with Crippen LogP contribution in [0.15, 0.2) is 6.33 Å². The van der Waals surface area contributed by atoms with E-state index < -0.39 is 0 Å². The van der Waals surface area contributed by atoms with Crippen LogP contribution in [0.4, 0.5) is 0 Å². The maximum atomic E-state index is 9.93. The van der Waals surface area contributed by atoms with Crippen LogP contribution in [0.3, 0.4) is 0 Å². The van der Waals surface area contributed by atoms with Crippen molar-refractivity contribution >= 4 is 21.6 Å². The van der Waals surface area contributed by atoms with Crippen LogP contribution < -0.4 is 4.74 Å². The number of rotatable bonds is 6. The van der Waals surface area contributed by atoms with Crippen LogP contribution in [0, 0.1) is 0 Å². The minimum atomic E-state index is -0.286. The molecule has 0 aromatic carbocycles. The van der Waals surface area contributed by atoms with E-state index in [0.717, 1.165) is 48.2 Å². The van der Waals surface area contributed by atoms with Gasteiger partial charge >= 0.3 is 0 Å². The number of aliphatic hydroxyl groups excluding tert-OH is 1. The topological polar surface area (TPSA) is 58.5 Å². The smallest absolute Gasteiger partial charge is 0.225 e. The molecule has 0 bridgehead atoms. The normalized spacial score (nSPS) is 28.6. The summed E-state index contributed by atoms with van der Waals surface area (Å²) >= 11 is 1.78. The molecule has 5 nitrogen and oxygen atoms in total. The van der Waals surface area contributed by atoms with Gasteiger partial charge in [-0.2, -0.15) is 0 Å². The van der Waals surface area contributed by atoms with Gasteiger partial charge in [-0.1, -0.05) is 6.92 Å². The van der Waals surface area contributed by atoms with Gasteiger partial charge < -0.3 is 14.7 Å². The Bertz CT molecular complexity index is 825. The van der Waals surface area contributed by atoms with Crippen LogP contribution >= 0.6 is 11.3 Å². The minimum Gasteiger partial charge on any atom is -0.474 e. The molecule has 0 radical (unpaired) electrons. The summed E-state index contributed by atoms with van der Waals surface area (Å²) in [6, 6.07) is 0. The van der Waals surface area contributed by atoms with Gasteiger partial charge in [-0.3, -0.25) is 0 Å². The predicted octanol–water partition coefficient (Wildman–Crippen LogP) is 4.52. The third-order valence-corrected chi connectivity index (χ3v) is 8.24. The lowest BCUT2D eigenvalue weighted by Crippen LogP contribution is -2.48. The molecule has 2 aliphatic carbocycles. The number of thiophene rings is 1. The van der Waals surface area contributed by atoms with E-state index in [0.29, 0.717) is 11.5 Å². The van der Waals surface area contributed by atoms with Crippen molar-refractivity contribution in [2.75, 3.05) is 14.1 Å². The van der Waals surface area contributed by atoms with Crippen LogP contribution in [0.25, 0.3) is 10.2 Å². The average Bonchev–Trinajstić information content (AvgIpc) is 3.22. The lowest BCUT2D eigenvalue weighted by molar-refractivity contribution is 0.0402. The van der Waals surface area contributed by atoms with Crippen LogP contribution in [0.5, 0.6) is 5.88 Å². The summed E-state index contributed by atoms with van der Waals surface area (Å²) in [7, 11) is 4.41. The maximum absolute atomic E-state index is 9.93. The van der Waals surface area contributed by atoms with Gasteiger partial charge in [-0.25, -0.2) is 9.97 Å². The highest BCUT2D eigenvalue weighted by atomic mass is 32.1. The molecule has 0 saturated heterocycles. The molecular weight excluding hydrogens is 370 g/mol. The molecule has 4 rings (SSSR count). The number of aryl methyl sites for hydroxylation is 1. The molecule has 2 atom stereocenters. The quantitative estimate of drug-likeness (QED) is 0.768. The Morgan fingerprint density at radius 2 is 2.04 bits per heavy atom. The van der Waals surface area contributed by atoms with Gasteiger partial charge in [0.2, 0.25) is 5.88 Å². The van der Waals surface area contributed by atoms with E-state index in [2.05, 4.69) is 35.9 Å². The second kappa shape index (κ2) is 7.88. The number of hydrogen-bond acceptors (Lipinski definition) is 6. The standard InChI is InChI=1S/C22H33N3O2S/c1-5-22(25(3)4)10-8-16(9-11-22)27-20-19-18-15(12-14(2)26)6-7-17(18)28-21(19)24-13-23-20/h13-16,26H,5-12H2,1-4H3/t14-,15-,16-,22-/m1/s1. The predicted molar refractivity (Wildman–Crippen MR) is 114 cm³/mol. The summed E-state index contributed by atoms with van der Waals surface area (Å²) in [4.78, 5) is 13.9. The van der Waals surface area contributed by atoms with E-state index in [1.54, 1.807) is 17.7 Å². The van der Waals surface area contributed by atoms with Crippen molar-refractivity contribution in [3.8, 4) is 5.88 Å². The van der Waals surface area contributed by atoms with Gasteiger partial charge in [0.05, 0.1) is 11.5 Å². The Balaban J connectivity index is 1.57. The highest BCUT2D eigenvalue weighted by molar-refractivity contribution is 7.19. The Morgan fingerprint density at radius 3 is 2.68 bits per heavy atom. The van der Waals surface area contributed by atoms with Gasteiger partial charge in [0.25, 0.3) is 0 Å². The van der Waals surface area contributed by atoms with Crippen LogP contribution in [0.1, 0.15) is 75.2 Å². The number of ether oxygens (including phenoxy) is 1. The van der Waals surface area contributed by atoms with Crippen molar-refractivity contribution in [2.45, 2.75) is 88.9 Å². The summed E-state index contributed by atoms with van der Waals surface area (Å²) in [6.45, 7) is 4.18. The highest BCUT2D eigenvalue weighted by Crippen LogP contribution is 2.48. The third-order valence-electron chi connectivity index (χ3n) is 7.07. The van der Waals surface area contributed by atoms with Gasteiger partial charge in [-0.15, -0.1) is 11.3 Å². The zero-order chi connectivity index (χ0) is 19.9. The molecule has 154 valence electrons. The zero-order valence-corrected chi connectivity index (χ0v) is 18.4. The SMILES string of the molecule is CC[C@]1(N(C)C)CC[C@H](Oc2ncnc3sc4c(c23)[C@@H](C[C@@H](C)O)CC4)CC1. The Morgan fingerprint density at radius 1 is 1.29 bits per heavy atom. The van der Waals surface area contributed by atoms with Crippen molar-refractivity contribution in [3.63, 3.8) is 0 Å². The molecule has 2 aliphatic rings. The number of hydrogen-bond donors (Lipinski definition) is 1. The molecule has 2 heterocycles. The van der Waals surface area contributed by atoms with E-state index in [-0.39, 0.29) is 12.2 Å². The van der Waals surface area contributed by atoms with Crippen molar-refractivity contribution in [1.29, 1.82) is 0 Å². The van der Waals surface area contributed by atoms with Crippen LogP contribution in [-0.2, 0) is 6.42 Å². The van der Waals surface area contributed by atoms with Crippen LogP contribution in [-0.4, -0.2) is 51.8 Å². The monoisotopic (exact) mass is 403 g/mol. The van der Waals surface area contributed by atoms with Crippen molar-refractivity contribution < 1.29 is 9.84 Å². The molecule has 1 saturated carbocycles. The molecule has 0 spiro atoms. The van der Waals surface area contributed by atoms with E-state index >= 15 is 0 Å². The van der Waals surface area contributed by atoms with Crippen molar-refractivity contribution in [3.05, 3.63) is 16.8 Å². The molecular formula is C22H33N3O2S. The second-order valence-corrected chi connectivity index (χ2v) is 9.99. The molecule has 0 amide bonds. The first-order valence-corrected chi connectivity index (χ1v) is 11.5. The molecule has 0 aliphatic heterocycles. The minimum absolute atomic E-state index is 0.227. The number of nitrogens with zero attached hydrogens (tertiary/aromatic N) is 3. The lowest BCUT2D eigenvalue weighted by atomic mass is 9.77. The molecule has 0 unspecified atom stereocenters. The van der Waals surface area contributed by atoms with Gasteiger partial charge in [0.15, 0.2) is 0 Å². The third kappa shape index (κ3) is 3.55. The van der Waals surface area contributed by atoms with Gasteiger partial charge in [0.1, 0.15) is 17.3 Å².